The molecule has 3 rings (SSSR count). The summed E-state index contributed by atoms with van der Waals surface area (Å²) < 4.78 is 15.1. The number of aromatic hydroxyl groups is 1. The van der Waals surface area contributed by atoms with Crippen LogP contribution < -0.4 is 0 Å². The molecule has 1 N–H and O–H groups in total. The minimum atomic E-state index is -0.476. The Bertz CT molecular complexity index is 687. The molecular weight excluding hydrogens is 243 g/mol. The van der Waals surface area contributed by atoms with Gasteiger partial charge in [-0.1, -0.05) is 18.2 Å². The number of hydrogen-bond donors (Lipinski definition) is 1. The number of para-hydroxylation sites is 1. The average molecular weight is 254 g/mol. The van der Waals surface area contributed by atoms with Crippen molar-refractivity contribution in [1.29, 1.82) is 0 Å². The Labute approximate surface area is 109 Å². The fraction of sp³-hybridized carbons (Fsp3) is 0. The Morgan fingerprint density at radius 2 is 1.79 bits per heavy atom. The molecule has 0 amide bonds. The van der Waals surface area contributed by atoms with Crippen molar-refractivity contribution in [2.75, 3.05) is 0 Å². The van der Waals surface area contributed by atoms with E-state index in [0.717, 1.165) is 17.4 Å². The summed E-state index contributed by atoms with van der Waals surface area (Å²) in [5, 5.41) is 13.7. The number of benzene rings is 2. The van der Waals surface area contributed by atoms with Gasteiger partial charge in [-0.15, -0.1) is 0 Å². The summed E-state index contributed by atoms with van der Waals surface area (Å²) in [5.74, 6) is -0.577. The van der Waals surface area contributed by atoms with Gasteiger partial charge in [-0.25, -0.2) is 9.07 Å². The topological polar surface area (TPSA) is 38.1 Å². The van der Waals surface area contributed by atoms with E-state index in [9.17, 15) is 9.50 Å². The first-order valence-electron chi connectivity index (χ1n) is 5.83. The van der Waals surface area contributed by atoms with Crippen LogP contribution in [0.1, 0.15) is 0 Å². The molecule has 0 aliphatic heterocycles. The molecule has 0 bridgehead atoms. The second-order valence-electron chi connectivity index (χ2n) is 4.16. The molecule has 0 saturated carbocycles. The molecule has 2 aromatic carbocycles. The highest BCUT2D eigenvalue weighted by atomic mass is 19.1. The Morgan fingerprint density at radius 3 is 2.53 bits per heavy atom. The van der Waals surface area contributed by atoms with Gasteiger partial charge in [-0.3, -0.25) is 0 Å². The van der Waals surface area contributed by atoms with Crippen molar-refractivity contribution in [3.63, 3.8) is 0 Å². The lowest BCUT2D eigenvalue weighted by atomic mass is 10.1. The molecule has 0 atom stereocenters. The van der Waals surface area contributed by atoms with Gasteiger partial charge in [0.1, 0.15) is 11.6 Å². The summed E-state index contributed by atoms with van der Waals surface area (Å²) in [6.07, 6.45) is 1.64. The maximum Gasteiger partial charge on any atom is 0.127 e. The van der Waals surface area contributed by atoms with Crippen molar-refractivity contribution in [2.24, 2.45) is 0 Å². The van der Waals surface area contributed by atoms with Gasteiger partial charge in [0.25, 0.3) is 0 Å². The summed E-state index contributed by atoms with van der Waals surface area (Å²) in [7, 11) is 0. The number of phenolic OH excluding ortho intramolecular Hbond substituents is 1. The number of hydrogen-bond acceptors (Lipinski definition) is 2. The van der Waals surface area contributed by atoms with E-state index in [-0.39, 0.29) is 5.75 Å². The van der Waals surface area contributed by atoms with Crippen molar-refractivity contribution >= 4 is 0 Å². The molecule has 0 unspecified atom stereocenters. The van der Waals surface area contributed by atoms with Gasteiger partial charge in [0.15, 0.2) is 0 Å². The van der Waals surface area contributed by atoms with Crippen molar-refractivity contribution in [3.8, 4) is 22.7 Å². The van der Waals surface area contributed by atoms with Crippen LogP contribution in [0, 0.1) is 5.82 Å². The second kappa shape index (κ2) is 4.57. The lowest BCUT2D eigenvalue weighted by Gasteiger charge is -2.08. The molecule has 0 aliphatic rings. The van der Waals surface area contributed by atoms with E-state index < -0.39 is 5.82 Å². The minimum Gasteiger partial charge on any atom is -0.508 e. The quantitative estimate of drug-likeness (QED) is 0.761. The SMILES string of the molecule is Oc1cc(F)cc(-c2ccnn2-c2ccccc2)c1. The molecule has 0 radical (unpaired) electrons. The van der Waals surface area contributed by atoms with Crippen molar-refractivity contribution in [2.45, 2.75) is 0 Å². The number of rotatable bonds is 2. The van der Waals surface area contributed by atoms with Crippen LogP contribution >= 0.6 is 0 Å². The largest absolute Gasteiger partial charge is 0.508 e. The van der Waals surface area contributed by atoms with Gasteiger partial charge in [0.05, 0.1) is 17.6 Å². The summed E-state index contributed by atoms with van der Waals surface area (Å²) in [4.78, 5) is 0. The van der Waals surface area contributed by atoms with E-state index in [1.807, 2.05) is 30.3 Å². The van der Waals surface area contributed by atoms with Gasteiger partial charge in [-0.05, 0) is 30.3 Å². The maximum absolute atomic E-state index is 13.4. The Kier molecular flexibility index (Phi) is 2.76. The van der Waals surface area contributed by atoms with Gasteiger partial charge >= 0.3 is 0 Å². The third kappa shape index (κ3) is 2.20. The van der Waals surface area contributed by atoms with Crippen LogP contribution in [0.4, 0.5) is 4.39 Å². The van der Waals surface area contributed by atoms with Crippen molar-refractivity contribution in [3.05, 3.63) is 66.6 Å². The van der Waals surface area contributed by atoms with Gasteiger partial charge in [0, 0.05) is 11.6 Å². The average Bonchev–Trinajstić information content (AvgIpc) is 2.88. The standard InChI is InChI=1S/C15H11FN2O/c16-12-8-11(9-14(19)10-12)15-6-7-17-18(15)13-4-2-1-3-5-13/h1-10,19H. The van der Waals surface area contributed by atoms with E-state index in [0.29, 0.717) is 5.56 Å². The molecule has 3 nitrogen and oxygen atoms in total. The Balaban J connectivity index is 2.15. The summed E-state index contributed by atoms with van der Waals surface area (Å²) in [6, 6.07) is 15.3. The van der Waals surface area contributed by atoms with Crippen LogP contribution in [-0.4, -0.2) is 14.9 Å². The lowest BCUT2D eigenvalue weighted by molar-refractivity contribution is 0.469. The number of halogens is 1. The molecule has 4 heteroatoms. The molecule has 0 aliphatic carbocycles. The first-order chi connectivity index (χ1) is 9.24. The van der Waals surface area contributed by atoms with Crippen LogP contribution in [0.15, 0.2) is 60.8 Å². The van der Waals surface area contributed by atoms with E-state index >= 15 is 0 Å². The molecule has 1 heterocycles. The first-order valence-corrected chi connectivity index (χ1v) is 5.83. The highest BCUT2D eigenvalue weighted by Gasteiger charge is 2.09. The van der Waals surface area contributed by atoms with E-state index in [1.165, 1.54) is 12.1 Å². The Hall–Kier alpha value is -2.62. The summed E-state index contributed by atoms with van der Waals surface area (Å²) >= 11 is 0. The smallest absolute Gasteiger partial charge is 0.127 e. The normalized spacial score (nSPS) is 10.6. The third-order valence-corrected chi connectivity index (χ3v) is 2.82. The molecule has 94 valence electrons. The highest BCUT2D eigenvalue weighted by Crippen LogP contribution is 2.26. The summed E-state index contributed by atoms with van der Waals surface area (Å²) in [6.45, 7) is 0. The van der Waals surface area contributed by atoms with Gasteiger partial charge < -0.3 is 5.11 Å². The highest BCUT2D eigenvalue weighted by molar-refractivity contribution is 5.63. The van der Waals surface area contributed by atoms with Crippen LogP contribution in [0.3, 0.4) is 0 Å². The minimum absolute atomic E-state index is 0.101. The lowest BCUT2D eigenvalue weighted by Crippen LogP contribution is -1.98. The fourth-order valence-corrected chi connectivity index (χ4v) is 2.02. The van der Waals surface area contributed by atoms with Crippen molar-refractivity contribution in [1.82, 2.24) is 9.78 Å². The van der Waals surface area contributed by atoms with E-state index in [2.05, 4.69) is 5.10 Å². The van der Waals surface area contributed by atoms with Crippen LogP contribution in [0.2, 0.25) is 0 Å². The Morgan fingerprint density at radius 1 is 1.00 bits per heavy atom. The summed E-state index contributed by atoms with van der Waals surface area (Å²) in [5.41, 5.74) is 2.19. The molecule has 3 aromatic rings. The third-order valence-electron chi connectivity index (χ3n) is 2.82. The van der Waals surface area contributed by atoms with Crippen LogP contribution in [0.5, 0.6) is 5.75 Å². The molecule has 19 heavy (non-hydrogen) atoms. The number of aromatic nitrogens is 2. The number of phenols is 1. The van der Waals surface area contributed by atoms with Crippen LogP contribution in [-0.2, 0) is 0 Å². The van der Waals surface area contributed by atoms with Crippen molar-refractivity contribution < 1.29 is 9.50 Å². The predicted molar refractivity (Wildman–Crippen MR) is 70.6 cm³/mol. The van der Waals surface area contributed by atoms with E-state index in [1.54, 1.807) is 16.9 Å². The molecular formula is C15H11FN2O. The second-order valence-corrected chi connectivity index (χ2v) is 4.16. The predicted octanol–water partition coefficient (Wildman–Crippen LogP) is 3.38. The van der Waals surface area contributed by atoms with Gasteiger partial charge in [-0.2, -0.15) is 5.10 Å². The first kappa shape index (κ1) is 11.5. The van der Waals surface area contributed by atoms with E-state index in [4.69, 9.17) is 0 Å². The molecule has 0 fully saturated rings. The van der Waals surface area contributed by atoms with Crippen LogP contribution in [0.25, 0.3) is 16.9 Å². The van der Waals surface area contributed by atoms with Gasteiger partial charge in [0.2, 0.25) is 0 Å². The molecule has 1 aromatic heterocycles. The monoisotopic (exact) mass is 254 g/mol. The zero-order valence-electron chi connectivity index (χ0n) is 9.99. The molecule has 0 saturated heterocycles. The zero-order chi connectivity index (χ0) is 13.2. The fourth-order valence-electron chi connectivity index (χ4n) is 2.02. The maximum atomic E-state index is 13.4. The molecule has 0 spiro atoms. The zero-order valence-corrected chi connectivity index (χ0v) is 9.99. The number of nitrogens with zero attached hydrogens (tertiary/aromatic N) is 2.